The van der Waals surface area contributed by atoms with Crippen LogP contribution in [0, 0.1) is 0 Å². The summed E-state index contributed by atoms with van der Waals surface area (Å²) in [6.07, 6.45) is 5.42. The lowest BCUT2D eigenvalue weighted by Gasteiger charge is -2.24. The fourth-order valence-corrected chi connectivity index (χ4v) is 2.16. The predicted molar refractivity (Wildman–Crippen MR) is 102 cm³/mol. The van der Waals surface area contributed by atoms with Crippen molar-refractivity contribution in [1.82, 2.24) is 4.98 Å². The maximum Gasteiger partial charge on any atom is 0.414 e. The first kappa shape index (κ1) is 18.2. The Kier molecular flexibility index (Phi) is 5.78. The van der Waals surface area contributed by atoms with E-state index in [9.17, 15) is 4.79 Å². The Morgan fingerprint density at radius 2 is 1.67 bits per heavy atom. The smallest absolute Gasteiger partial charge is 0.414 e. The van der Waals surface area contributed by atoms with Crippen LogP contribution in [0.2, 0.25) is 0 Å². The standard InChI is InChI=1S/C19H21BrN2O2/c1-19(2,3)24-18(23)22(4)16-10-7-14(8-11-16)5-6-15-9-12-17(20)21-13-15/h5-13H,1-4H3. The molecular weight excluding hydrogens is 368 g/mol. The van der Waals surface area contributed by atoms with Crippen LogP contribution in [0.1, 0.15) is 31.9 Å². The average molecular weight is 389 g/mol. The molecule has 2 rings (SSSR count). The molecule has 5 heteroatoms. The fraction of sp³-hybridized carbons (Fsp3) is 0.263. The van der Waals surface area contributed by atoms with E-state index in [0.717, 1.165) is 21.4 Å². The number of carbonyl (C=O) groups excluding carboxylic acids is 1. The van der Waals surface area contributed by atoms with Gasteiger partial charge < -0.3 is 4.74 Å². The topological polar surface area (TPSA) is 42.4 Å². The monoisotopic (exact) mass is 388 g/mol. The molecule has 1 aromatic carbocycles. The van der Waals surface area contributed by atoms with E-state index in [1.165, 1.54) is 4.90 Å². The minimum absolute atomic E-state index is 0.369. The number of halogens is 1. The number of carbonyl (C=O) groups is 1. The van der Waals surface area contributed by atoms with Crippen molar-refractivity contribution in [3.63, 3.8) is 0 Å². The zero-order valence-corrected chi connectivity index (χ0v) is 15.9. The molecule has 1 amide bonds. The van der Waals surface area contributed by atoms with Crippen molar-refractivity contribution in [2.75, 3.05) is 11.9 Å². The van der Waals surface area contributed by atoms with E-state index in [0.29, 0.717) is 0 Å². The van der Waals surface area contributed by atoms with Crippen LogP contribution >= 0.6 is 15.9 Å². The van der Waals surface area contributed by atoms with Crippen molar-refractivity contribution in [1.29, 1.82) is 0 Å². The molecule has 0 saturated heterocycles. The molecule has 4 nitrogen and oxygen atoms in total. The van der Waals surface area contributed by atoms with Crippen molar-refractivity contribution in [2.45, 2.75) is 26.4 Å². The molecule has 0 spiro atoms. The molecule has 0 fully saturated rings. The predicted octanol–water partition coefficient (Wildman–Crippen LogP) is 5.39. The van der Waals surface area contributed by atoms with Gasteiger partial charge in [-0.25, -0.2) is 9.78 Å². The van der Waals surface area contributed by atoms with Gasteiger partial charge in [-0.05, 0) is 66.0 Å². The molecule has 126 valence electrons. The number of nitrogens with zero attached hydrogens (tertiary/aromatic N) is 2. The van der Waals surface area contributed by atoms with Gasteiger partial charge in [-0.2, -0.15) is 0 Å². The number of hydrogen-bond acceptors (Lipinski definition) is 3. The highest BCUT2D eigenvalue weighted by atomic mass is 79.9. The summed E-state index contributed by atoms with van der Waals surface area (Å²) in [6.45, 7) is 5.55. The van der Waals surface area contributed by atoms with Gasteiger partial charge in [-0.3, -0.25) is 4.90 Å². The lowest BCUT2D eigenvalue weighted by molar-refractivity contribution is 0.0589. The summed E-state index contributed by atoms with van der Waals surface area (Å²) in [5.41, 5.74) is 2.34. The minimum atomic E-state index is -0.507. The fourth-order valence-electron chi connectivity index (χ4n) is 1.92. The van der Waals surface area contributed by atoms with E-state index < -0.39 is 5.60 Å². The van der Waals surface area contributed by atoms with Crippen molar-refractivity contribution < 1.29 is 9.53 Å². The molecule has 0 radical (unpaired) electrons. The number of anilines is 1. The van der Waals surface area contributed by atoms with Gasteiger partial charge in [-0.1, -0.05) is 30.4 Å². The molecular formula is C19H21BrN2O2. The minimum Gasteiger partial charge on any atom is -0.443 e. The number of ether oxygens (including phenoxy) is 1. The third-order valence-corrected chi connectivity index (χ3v) is 3.64. The van der Waals surface area contributed by atoms with Gasteiger partial charge in [0, 0.05) is 18.9 Å². The molecule has 0 aliphatic rings. The van der Waals surface area contributed by atoms with Crippen LogP contribution in [0.25, 0.3) is 12.2 Å². The Morgan fingerprint density at radius 1 is 1.08 bits per heavy atom. The van der Waals surface area contributed by atoms with Gasteiger partial charge in [0.2, 0.25) is 0 Å². The SMILES string of the molecule is CN(C(=O)OC(C)(C)C)c1ccc(C=Cc2ccc(Br)nc2)cc1. The van der Waals surface area contributed by atoms with Crippen LogP contribution in [0.4, 0.5) is 10.5 Å². The van der Waals surface area contributed by atoms with Crippen LogP contribution in [-0.2, 0) is 4.74 Å². The third-order valence-electron chi connectivity index (χ3n) is 3.17. The molecule has 0 saturated carbocycles. The van der Waals surface area contributed by atoms with Gasteiger partial charge in [-0.15, -0.1) is 0 Å². The molecule has 0 atom stereocenters. The Morgan fingerprint density at radius 3 is 2.21 bits per heavy atom. The van der Waals surface area contributed by atoms with Crippen molar-refractivity contribution in [2.24, 2.45) is 0 Å². The number of hydrogen-bond donors (Lipinski definition) is 0. The Bertz CT molecular complexity index is 717. The first-order valence-electron chi connectivity index (χ1n) is 7.61. The molecule has 1 heterocycles. The lowest BCUT2D eigenvalue weighted by atomic mass is 10.1. The highest BCUT2D eigenvalue weighted by Crippen LogP contribution is 2.18. The molecule has 0 unspecified atom stereocenters. The van der Waals surface area contributed by atoms with Crippen molar-refractivity contribution >= 4 is 39.9 Å². The van der Waals surface area contributed by atoms with Gasteiger partial charge in [0.05, 0.1) is 0 Å². The molecule has 0 N–H and O–H groups in total. The Labute approximate surface area is 151 Å². The summed E-state index contributed by atoms with van der Waals surface area (Å²) in [4.78, 5) is 17.7. The summed E-state index contributed by atoms with van der Waals surface area (Å²) in [7, 11) is 1.70. The van der Waals surface area contributed by atoms with Crippen LogP contribution in [0.3, 0.4) is 0 Å². The van der Waals surface area contributed by atoms with Crippen LogP contribution < -0.4 is 4.90 Å². The largest absolute Gasteiger partial charge is 0.443 e. The van der Waals surface area contributed by atoms with Crippen LogP contribution in [0.15, 0.2) is 47.2 Å². The van der Waals surface area contributed by atoms with Gasteiger partial charge in [0.25, 0.3) is 0 Å². The average Bonchev–Trinajstić information content (AvgIpc) is 2.52. The second-order valence-corrected chi connectivity index (χ2v) is 7.19. The maximum atomic E-state index is 12.1. The second kappa shape index (κ2) is 7.62. The first-order valence-corrected chi connectivity index (χ1v) is 8.40. The van der Waals surface area contributed by atoms with Gasteiger partial charge in [0.15, 0.2) is 0 Å². The van der Waals surface area contributed by atoms with E-state index >= 15 is 0 Å². The second-order valence-electron chi connectivity index (χ2n) is 6.38. The van der Waals surface area contributed by atoms with E-state index in [1.807, 2.05) is 69.3 Å². The molecule has 0 bridgehead atoms. The quantitative estimate of drug-likeness (QED) is 0.662. The summed E-state index contributed by atoms with van der Waals surface area (Å²) in [5.74, 6) is 0. The van der Waals surface area contributed by atoms with E-state index in [2.05, 4.69) is 20.9 Å². The maximum absolute atomic E-state index is 12.1. The number of benzene rings is 1. The zero-order valence-electron chi connectivity index (χ0n) is 14.3. The third kappa shape index (κ3) is 5.49. The molecule has 24 heavy (non-hydrogen) atoms. The van der Waals surface area contributed by atoms with Gasteiger partial charge in [0.1, 0.15) is 10.2 Å². The van der Waals surface area contributed by atoms with E-state index in [4.69, 9.17) is 4.74 Å². The normalized spacial score (nSPS) is 11.5. The highest BCUT2D eigenvalue weighted by Gasteiger charge is 2.20. The molecule has 0 aliphatic heterocycles. The molecule has 1 aromatic heterocycles. The Hall–Kier alpha value is -2.14. The summed E-state index contributed by atoms with van der Waals surface area (Å²) in [5, 5.41) is 0. The van der Waals surface area contributed by atoms with Crippen LogP contribution in [-0.4, -0.2) is 23.7 Å². The van der Waals surface area contributed by atoms with Crippen molar-refractivity contribution in [3.8, 4) is 0 Å². The Balaban J connectivity index is 2.04. The zero-order chi connectivity index (χ0) is 17.7. The van der Waals surface area contributed by atoms with Crippen molar-refractivity contribution in [3.05, 3.63) is 58.3 Å². The number of rotatable bonds is 3. The van der Waals surface area contributed by atoms with Crippen LogP contribution in [0.5, 0.6) is 0 Å². The van der Waals surface area contributed by atoms with Gasteiger partial charge >= 0.3 is 6.09 Å². The summed E-state index contributed by atoms with van der Waals surface area (Å²) >= 11 is 3.32. The number of amides is 1. The van der Waals surface area contributed by atoms with E-state index in [1.54, 1.807) is 13.2 Å². The molecule has 2 aromatic rings. The number of aromatic nitrogens is 1. The summed E-state index contributed by atoms with van der Waals surface area (Å²) < 4.78 is 6.18. The molecule has 0 aliphatic carbocycles. The highest BCUT2D eigenvalue weighted by molar-refractivity contribution is 9.10. The first-order chi connectivity index (χ1) is 11.2. The lowest BCUT2D eigenvalue weighted by Crippen LogP contribution is -2.34. The van der Waals surface area contributed by atoms with E-state index in [-0.39, 0.29) is 6.09 Å². The number of pyridine rings is 1. The summed E-state index contributed by atoms with van der Waals surface area (Å²) in [6, 6.07) is 11.6.